The first kappa shape index (κ1) is 10.5. The van der Waals surface area contributed by atoms with Crippen LogP contribution in [0.1, 0.15) is 5.69 Å². The van der Waals surface area contributed by atoms with E-state index < -0.39 is 5.76 Å². The summed E-state index contributed by atoms with van der Waals surface area (Å²) in [6.07, 6.45) is 0. The lowest BCUT2D eigenvalue weighted by molar-refractivity contribution is 0.555. The fourth-order valence-electron chi connectivity index (χ4n) is 1.84. The maximum atomic E-state index is 11.1. The predicted octanol–water partition coefficient (Wildman–Crippen LogP) is 1.47. The van der Waals surface area contributed by atoms with E-state index in [0.717, 1.165) is 11.3 Å². The van der Waals surface area contributed by atoms with Crippen molar-refractivity contribution in [3.63, 3.8) is 0 Å². The van der Waals surface area contributed by atoms with Crippen molar-refractivity contribution in [2.45, 2.75) is 6.92 Å². The maximum Gasteiger partial charge on any atom is 0.417 e. The van der Waals surface area contributed by atoms with Gasteiger partial charge in [-0.1, -0.05) is 6.07 Å². The average molecular weight is 242 g/mol. The van der Waals surface area contributed by atoms with Crippen molar-refractivity contribution in [1.82, 2.24) is 15.0 Å². The monoisotopic (exact) mass is 242 g/mol. The van der Waals surface area contributed by atoms with E-state index in [-0.39, 0.29) is 5.95 Å². The Labute approximate surface area is 101 Å². The fourth-order valence-corrected chi connectivity index (χ4v) is 1.84. The predicted molar refractivity (Wildman–Crippen MR) is 67.0 cm³/mol. The van der Waals surface area contributed by atoms with E-state index in [1.807, 2.05) is 19.1 Å². The number of oxazole rings is 1. The Morgan fingerprint density at radius 2 is 2.11 bits per heavy atom. The van der Waals surface area contributed by atoms with Crippen molar-refractivity contribution < 1.29 is 4.42 Å². The minimum atomic E-state index is -0.472. The molecule has 18 heavy (non-hydrogen) atoms. The number of fused-ring (bicyclic) bond motifs is 1. The van der Waals surface area contributed by atoms with Gasteiger partial charge in [-0.25, -0.2) is 14.8 Å². The molecule has 0 spiro atoms. The van der Waals surface area contributed by atoms with Crippen LogP contribution in [0.3, 0.4) is 0 Å². The Morgan fingerprint density at radius 1 is 1.28 bits per heavy atom. The zero-order valence-corrected chi connectivity index (χ0v) is 9.60. The Hall–Kier alpha value is -2.63. The van der Waals surface area contributed by atoms with Gasteiger partial charge in [-0.3, -0.25) is 4.98 Å². The zero-order chi connectivity index (χ0) is 12.7. The highest BCUT2D eigenvalue weighted by molar-refractivity contribution is 5.79. The van der Waals surface area contributed by atoms with E-state index in [2.05, 4.69) is 15.0 Å². The molecule has 0 radical (unpaired) electrons. The van der Waals surface area contributed by atoms with Crippen LogP contribution in [-0.2, 0) is 0 Å². The first-order chi connectivity index (χ1) is 8.61. The number of H-pyrrole nitrogens is 1. The number of nitrogen functional groups attached to an aromatic ring is 1. The van der Waals surface area contributed by atoms with E-state index in [1.54, 1.807) is 12.1 Å². The van der Waals surface area contributed by atoms with Crippen LogP contribution in [-0.4, -0.2) is 15.0 Å². The third kappa shape index (κ3) is 1.73. The van der Waals surface area contributed by atoms with Gasteiger partial charge in [-0.05, 0) is 25.1 Å². The minimum Gasteiger partial charge on any atom is -0.408 e. The van der Waals surface area contributed by atoms with Crippen molar-refractivity contribution in [2.24, 2.45) is 0 Å². The van der Waals surface area contributed by atoms with Gasteiger partial charge in [0.2, 0.25) is 5.95 Å². The number of benzene rings is 1. The molecule has 0 saturated carbocycles. The van der Waals surface area contributed by atoms with Crippen LogP contribution < -0.4 is 11.5 Å². The van der Waals surface area contributed by atoms with Crippen molar-refractivity contribution in [3.8, 4) is 11.3 Å². The number of nitrogens with two attached hydrogens (primary N) is 1. The van der Waals surface area contributed by atoms with Crippen LogP contribution >= 0.6 is 0 Å². The summed E-state index contributed by atoms with van der Waals surface area (Å²) in [6, 6.07) is 7.18. The molecule has 0 aliphatic heterocycles. The summed E-state index contributed by atoms with van der Waals surface area (Å²) in [5.74, 6) is -0.249. The van der Waals surface area contributed by atoms with E-state index in [4.69, 9.17) is 10.2 Å². The van der Waals surface area contributed by atoms with Gasteiger partial charge in [0.05, 0.1) is 11.2 Å². The standard InChI is InChI=1S/C12H10N4O2/c1-6-4-9(15-11(13)14-6)7-2-3-8-10(5-7)18-12(17)16-8/h2-5H,1H3,(H,16,17)(H2,13,14,15). The maximum absolute atomic E-state index is 11.1. The highest BCUT2D eigenvalue weighted by atomic mass is 16.4. The second-order valence-electron chi connectivity index (χ2n) is 3.98. The molecule has 0 bridgehead atoms. The number of aromatic amines is 1. The molecule has 2 heterocycles. The van der Waals surface area contributed by atoms with Gasteiger partial charge in [0.1, 0.15) is 0 Å². The first-order valence-corrected chi connectivity index (χ1v) is 5.36. The van der Waals surface area contributed by atoms with Crippen molar-refractivity contribution in [2.75, 3.05) is 5.73 Å². The van der Waals surface area contributed by atoms with Gasteiger partial charge in [0.25, 0.3) is 0 Å². The molecule has 6 nitrogen and oxygen atoms in total. The second-order valence-corrected chi connectivity index (χ2v) is 3.98. The van der Waals surface area contributed by atoms with Crippen molar-refractivity contribution in [1.29, 1.82) is 0 Å². The lowest BCUT2D eigenvalue weighted by Gasteiger charge is -2.02. The molecule has 0 saturated heterocycles. The van der Waals surface area contributed by atoms with Crippen LogP contribution in [0.5, 0.6) is 0 Å². The highest BCUT2D eigenvalue weighted by Crippen LogP contribution is 2.22. The number of nitrogens with one attached hydrogen (secondary N) is 1. The van der Waals surface area contributed by atoms with E-state index >= 15 is 0 Å². The largest absolute Gasteiger partial charge is 0.417 e. The summed E-state index contributed by atoms with van der Waals surface area (Å²) in [6.45, 7) is 1.84. The van der Waals surface area contributed by atoms with Gasteiger partial charge in [0, 0.05) is 11.3 Å². The van der Waals surface area contributed by atoms with Crippen LogP contribution in [0.2, 0.25) is 0 Å². The minimum absolute atomic E-state index is 0.223. The first-order valence-electron chi connectivity index (χ1n) is 5.36. The third-order valence-corrected chi connectivity index (χ3v) is 2.59. The lowest BCUT2D eigenvalue weighted by atomic mass is 10.1. The third-order valence-electron chi connectivity index (χ3n) is 2.59. The quantitative estimate of drug-likeness (QED) is 0.673. The summed E-state index contributed by atoms with van der Waals surface area (Å²) in [7, 11) is 0. The molecule has 90 valence electrons. The molecule has 3 N–H and O–H groups in total. The lowest BCUT2D eigenvalue weighted by Crippen LogP contribution is -1.98. The molecular formula is C12H10N4O2. The number of nitrogens with zero attached hydrogens (tertiary/aromatic N) is 2. The second kappa shape index (κ2) is 3.69. The molecule has 0 unspecified atom stereocenters. The number of rotatable bonds is 1. The number of anilines is 1. The van der Waals surface area contributed by atoms with Gasteiger partial charge in [0.15, 0.2) is 5.58 Å². The summed E-state index contributed by atoms with van der Waals surface area (Å²) < 4.78 is 5.00. The molecular weight excluding hydrogens is 232 g/mol. The molecule has 1 aromatic carbocycles. The molecule has 6 heteroatoms. The Balaban J connectivity index is 2.21. The van der Waals surface area contributed by atoms with Crippen LogP contribution in [0.4, 0.5) is 5.95 Å². The summed E-state index contributed by atoms with van der Waals surface area (Å²) in [5, 5.41) is 0. The Bertz CT molecular complexity index is 768. The van der Waals surface area contributed by atoms with E-state index in [0.29, 0.717) is 16.8 Å². The number of aryl methyl sites for hydroxylation is 1. The molecule has 2 aromatic heterocycles. The molecule has 3 rings (SSSR count). The van der Waals surface area contributed by atoms with Crippen molar-refractivity contribution >= 4 is 17.0 Å². The number of hydrogen-bond acceptors (Lipinski definition) is 5. The SMILES string of the molecule is Cc1cc(-c2ccc3[nH]c(=O)oc3c2)nc(N)n1. The van der Waals surface area contributed by atoms with Gasteiger partial charge in [-0.2, -0.15) is 0 Å². The topological polar surface area (TPSA) is 97.8 Å². The fraction of sp³-hybridized carbons (Fsp3) is 0.0833. The van der Waals surface area contributed by atoms with E-state index in [1.165, 1.54) is 0 Å². The molecule has 3 aromatic rings. The van der Waals surface area contributed by atoms with Gasteiger partial charge < -0.3 is 10.2 Å². The highest BCUT2D eigenvalue weighted by Gasteiger charge is 2.06. The summed E-state index contributed by atoms with van der Waals surface area (Å²) in [5.41, 5.74) is 9.07. The molecule has 0 atom stereocenters. The average Bonchev–Trinajstić information content (AvgIpc) is 2.66. The van der Waals surface area contributed by atoms with Crippen LogP contribution in [0, 0.1) is 6.92 Å². The van der Waals surface area contributed by atoms with Crippen molar-refractivity contribution in [3.05, 3.63) is 40.5 Å². The molecule has 0 fully saturated rings. The molecule has 0 aliphatic carbocycles. The summed E-state index contributed by atoms with van der Waals surface area (Å²) in [4.78, 5) is 21.8. The Morgan fingerprint density at radius 3 is 2.89 bits per heavy atom. The number of aromatic nitrogens is 3. The molecule has 0 aliphatic rings. The number of hydrogen-bond donors (Lipinski definition) is 2. The summed E-state index contributed by atoms with van der Waals surface area (Å²) >= 11 is 0. The smallest absolute Gasteiger partial charge is 0.408 e. The van der Waals surface area contributed by atoms with Gasteiger partial charge in [-0.15, -0.1) is 0 Å². The van der Waals surface area contributed by atoms with Crippen LogP contribution in [0.15, 0.2) is 33.5 Å². The van der Waals surface area contributed by atoms with Crippen LogP contribution in [0.25, 0.3) is 22.4 Å². The van der Waals surface area contributed by atoms with E-state index in [9.17, 15) is 4.79 Å². The Kier molecular flexibility index (Phi) is 2.16. The van der Waals surface area contributed by atoms with Gasteiger partial charge >= 0.3 is 5.76 Å². The molecule has 0 amide bonds. The zero-order valence-electron chi connectivity index (χ0n) is 9.60. The normalized spacial score (nSPS) is 10.9.